The van der Waals surface area contributed by atoms with E-state index in [0.717, 1.165) is 18.5 Å². The monoisotopic (exact) mass is 292 g/mol. The van der Waals surface area contributed by atoms with Gasteiger partial charge in [0, 0.05) is 25.3 Å². The fraction of sp³-hybridized carbons (Fsp3) is 0.500. The Kier molecular flexibility index (Phi) is 6.72. The molecule has 0 heterocycles. The van der Waals surface area contributed by atoms with Crippen molar-refractivity contribution in [3.63, 3.8) is 0 Å². The molecule has 5 heteroatoms. The third kappa shape index (κ3) is 5.10. The smallest absolute Gasteiger partial charge is 0.324 e. The number of carboxylic acid groups (broad SMARTS) is 1. The first kappa shape index (κ1) is 17.0. The standard InChI is InChI=1S/C16H24N2O3/c1-4-8-13(2)17(3)16(21)18(12-11-15(19)20)14-9-6-5-7-10-14/h5-7,9-10,13H,4,8,11-12H2,1-3H3,(H,19,20). The van der Waals surface area contributed by atoms with Crippen molar-refractivity contribution >= 4 is 17.7 Å². The minimum Gasteiger partial charge on any atom is -0.481 e. The maximum Gasteiger partial charge on any atom is 0.324 e. The van der Waals surface area contributed by atoms with Crippen molar-refractivity contribution < 1.29 is 14.7 Å². The second kappa shape index (κ2) is 8.29. The Morgan fingerprint density at radius 2 is 1.86 bits per heavy atom. The van der Waals surface area contributed by atoms with E-state index in [9.17, 15) is 9.59 Å². The number of benzene rings is 1. The van der Waals surface area contributed by atoms with Gasteiger partial charge >= 0.3 is 12.0 Å². The van der Waals surface area contributed by atoms with E-state index in [4.69, 9.17) is 5.11 Å². The number of urea groups is 1. The maximum atomic E-state index is 12.6. The third-order valence-corrected chi connectivity index (χ3v) is 3.52. The molecule has 0 bridgehead atoms. The fourth-order valence-electron chi connectivity index (χ4n) is 2.14. The van der Waals surface area contributed by atoms with Crippen molar-refractivity contribution in [2.24, 2.45) is 0 Å². The van der Waals surface area contributed by atoms with Crippen LogP contribution in [-0.2, 0) is 4.79 Å². The summed E-state index contributed by atoms with van der Waals surface area (Å²) in [5.74, 6) is -0.909. The summed E-state index contributed by atoms with van der Waals surface area (Å²) in [4.78, 5) is 26.7. The topological polar surface area (TPSA) is 60.9 Å². The van der Waals surface area contributed by atoms with Gasteiger partial charge in [-0.2, -0.15) is 0 Å². The number of anilines is 1. The van der Waals surface area contributed by atoms with Crippen molar-refractivity contribution in [3.8, 4) is 0 Å². The van der Waals surface area contributed by atoms with Crippen LogP contribution in [0.15, 0.2) is 30.3 Å². The molecule has 0 aromatic heterocycles. The van der Waals surface area contributed by atoms with Crippen molar-refractivity contribution in [2.45, 2.75) is 39.2 Å². The molecule has 1 aromatic rings. The van der Waals surface area contributed by atoms with E-state index in [1.165, 1.54) is 4.90 Å². The number of carbonyl (C=O) groups is 2. The Labute approximate surface area is 126 Å². The van der Waals surface area contributed by atoms with Gasteiger partial charge in [0.2, 0.25) is 0 Å². The molecule has 0 aliphatic carbocycles. The lowest BCUT2D eigenvalue weighted by Crippen LogP contribution is -2.46. The molecular weight excluding hydrogens is 268 g/mol. The molecule has 2 amide bonds. The highest BCUT2D eigenvalue weighted by molar-refractivity contribution is 5.92. The number of aliphatic carboxylic acids is 1. The molecule has 0 fully saturated rings. The molecule has 1 aromatic carbocycles. The van der Waals surface area contributed by atoms with Crippen LogP contribution in [0.2, 0.25) is 0 Å². The van der Waals surface area contributed by atoms with Crippen molar-refractivity contribution in [2.75, 3.05) is 18.5 Å². The normalized spacial score (nSPS) is 11.8. The van der Waals surface area contributed by atoms with E-state index in [1.807, 2.05) is 37.3 Å². The lowest BCUT2D eigenvalue weighted by atomic mass is 10.2. The summed E-state index contributed by atoms with van der Waals surface area (Å²) in [7, 11) is 1.76. The average Bonchev–Trinajstić information content (AvgIpc) is 2.47. The molecule has 0 saturated carbocycles. The Morgan fingerprint density at radius 1 is 1.24 bits per heavy atom. The van der Waals surface area contributed by atoms with Crippen LogP contribution in [0.25, 0.3) is 0 Å². The van der Waals surface area contributed by atoms with Crippen LogP contribution in [0.3, 0.4) is 0 Å². The Morgan fingerprint density at radius 3 is 2.38 bits per heavy atom. The van der Waals surface area contributed by atoms with E-state index in [2.05, 4.69) is 6.92 Å². The first-order valence-electron chi connectivity index (χ1n) is 7.28. The second-order valence-corrected chi connectivity index (χ2v) is 5.16. The van der Waals surface area contributed by atoms with Gasteiger partial charge in [-0.1, -0.05) is 31.5 Å². The van der Waals surface area contributed by atoms with Crippen LogP contribution >= 0.6 is 0 Å². The van der Waals surface area contributed by atoms with E-state index < -0.39 is 5.97 Å². The van der Waals surface area contributed by atoms with Crippen LogP contribution in [-0.4, -0.2) is 41.6 Å². The molecule has 1 unspecified atom stereocenters. The summed E-state index contributed by atoms with van der Waals surface area (Å²) in [5, 5.41) is 8.87. The molecule has 1 rings (SSSR count). The van der Waals surface area contributed by atoms with E-state index in [-0.39, 0.29) is 25.0 Å². The third-order valence-electron chi connectivity index (χ3n) is 3.52. The molecule has 1 atom stereocenters. The van der Waals surface area contributed by atoms with Crippen molar-refractivity contribution in [3.05, 3.63) is 30.3 Å². The van der Waals surface area contributed by atoms with E-state index in [1.54, 1.807) is 11.9 Å². The van der Waals surface area contributed by atoms with Gasteiger partial charge in [-0.15, -0.1) is 0 Å². The van der Waals surface area contributed by atoms with Gasteiger partial charge in [0.25, 0.3) is 0 Å². The SMILES string of the molecule is CCCC(C)N(C)C(=O)N(CCC(=O)O)c1ccccc1. The number of para-hydroxylation sites is 1. The minimum atomic E-state index is -0.909. The number of carboxylic acids is 1. The maximum absolute atomic E-state index is 12.6. The van der Waals surface area contributed by atoms with E-state index >= 15 is 0 Å². The molecule has 1 N–H and O–H groups in total. The molecule has 0 radical (unpaired) electrons. The number of rotatable bonds is 7. The molecular formula is C16H24N2O3. The van der Waals surface area contributed by atoms with Crippen LogP contribution in [0.1, 0.15) is 33.1 Å². The molecule has 21 heavy (non-hydrogen) atoms. The molecule has 0 spiro atoms. The Hall–Kier alpha value is -2.04. The average molecular weight is 292 g/mol. The quantitative estimate of drug-likeness (QED) is 0.839. The van der Waals surface area contributed by atoms with Gasteiger partial charge in [0.1, 0.15) is 0 Å². The minimum absolute atomic E-state index is 0.0728. The van der Waals surface area contributed by atoms with Crippen LogP contribution in [0.4, 0.5) is 10.5 Å². The molecule has 0 aliphatic rings. The van der Waals surface area contributed by atoms with Crippen LogP contribution < -0.4 is 4.90 Å². The predicted octanol–water partition coefficient (Wildman–Crippen LogP) is 3.21. The van der Waals surface area contributed by atoms with Crippen molar-refractivity contribution in [1.29, 1.82) is 0 Å². The lowest BCUT2D eigenvalue weighted by Gasteiger charge is -2.31. The zero-order valence-corrected chi connectivity index (χ0v) is 13.0. The van der Waals surface area contributed by atoms with Crippen LogP contribution in [0.5, 0.6) is 0 Å². The lowest BCUT2D eigenvalue weighted by molar-refractivity contribution is -0.136. The summed E-state index contributed by atoms with van der Waals surface area (Å²) in [6.07, 6.45) is 1.85. The summed E-state index contributed by atoms with van der Waals surface area (Å²) < 4.78 is 0. The number of hydrogen-bond acceptors (Lipinski definition) is 2. The van der Waals surface area contributed by atoms with E-state index in [0.29, 0.717) is 0 Å². The molecule has 0 saturated heterocycles. The predicted molar refractivity (Wildman–Crippen MR) is 83.6 cm³/mol. The van der Waals surface area contributed by atoms with Gasteiger partial charge < -0.3 is 10.0 Å². The summed E-state index contributed by atoms with van der Waals surface area (Å²) in [6.45, 7) is 4.25. The molecule has 5 nitrogen and oxygen atoms in total. The van der Waals surface area contributed by atoms with Gasteiger partial charge in [0.05, 0.1) is 6.42 Å². The van der Waals surface area contributed by atoms with Gasteiger partial charge in [-0.3, -0.25) is 9.69 Å². The van der Waals surface area contributed by atoms with Gasteiger partial charge in [-0.05, 0) is 25.5 Å². The number of hydrogen-bond donors (Lipinski definition) is 1. The zero-order chi connectivity index (χ0) is 15.8. The summed E-state index contributed by atoms with van der Waals surface area (Å²) in [6, 6.07) is 9.14. The van der Waals surface area contributed by atoms with Crippen molar-refractivity contribution in [1.82, 2.24) is 4.90 Å². The summed E-state index contributed by atoms with van der Waals surface area (Å²) >= 11 is 0. The first-order valence-corrected chi connectivity index (χ1v) is 7.28. The highest BCUT2D eigenvalue weighted by Crippen LogP contribution is 2.17. The highest BCUT2D eigenvalue weighted by Gasteiger charge is 2.23. The van der Waals surface area contributed by atoms with Crippen LogP contribution in [0, 0.1) is 0 Å². The first-order chi connectivity index (χ1) is 9.97. The zero-order valence-electron chi connectivity index (χ0n) is 13.0. The highest BCUT2D eigenvalue weighted by atomic mass is 16.4. The fourth-order valence-corrected chi connectivity index (χ4v) is 2.14. The Balaban J connectivity index is 2.90. The number of nitrogens with zero attached hydrogens (tertiary/aromatic N) is 2. The Bertz CT molecular complexity index is 462. The van der Waals surface area contributed by atoms with Gasteiger partial charge in [-0.25, -0.2) is 4.79 Å². The number of amides is 2. The second-order valence-electron chi connectivity index (χ2n) is 5.16. The number of carbonyl (C=O) groups excluding carboxylic acids is 1. The van der Waals surface area contributed by atoms with Gasteiger partial charge in [0.15, 0.2) is 0 Å². The molecule has 116 valence electrons. The summed E-state index contributed by atoms with van der Waals surface area (Å²) in [5.41, 5.74) is 0.722. The molecule has 0 aliphatic heterocycles. The largest absolute Gasteiger partial charge is 0.481 e.